The van der Waals surface area contributed by atoms with Gasteiger partial charge < -0.3 is 19.3 Å². The Labute approximate surface area is 213 Å². The largest absolute Gasteiger partial charge is 0.491 e. The molecule has 9 heteroatoms. The summed E-state index contributed by atoms with van der Waals surface area (Å²) in [6, 6.07) is 13.1. The zero-order chi connectivity index (χ0) is 25.5. The minimum atomic E-state index is -0.627. The molecule has 0 saturated carbocycles. The van der Waals surface area contributed by atoms with Gasteiger partial charge in [0.2, 0.25) is 5.91 Å². The molecule has 0 bridgehead atoms. The number of hydrogen-bond donors (Lipinski definition) is 0. The number of rotatable bonds is 10. The van der Waals surface area contributed by atoms with Crippen LogP contribution in [0.5, 0.6) is 5.75 Å². The van der Waals surface area contributed by atoms with Gasteiger partial charge >= 0.3 is 0 Å². The van der Waals surface area contributed by atoms with Crippen molar-refractivity contribution in [3.05, 3.63) is 87.6 Å². The second-order valence-electron chi connectivity index (χ2n) is 8.47. The van der Waals surface area contributed by atoms with E-state index in [2.05, 4.69) is 0 Å². The Hall–Kier alpha value is -3.30. The van der Waals surface area contributed by atoms with Crippen LogP contribution in [0, 0.1) is 11.6 Å². The number of fused-ring (bicyclic) bond motifs is 1. The third-order valence-corrected chi connectivity index (χ3v) is 7.13. The summed E-state index contributed by atoms with van der Waals surface area (Å²) in [5.41, 5.74) is 0.936. The average molecular weight is 515 g/mol. The molecule has 0 radical (unpaired) electrons. The van der Waals surface area contributed by atoms with Crippen LogP contribution >= 0.6 is 11.3 Å². The number of nitrogens with zero attached hydrogens (tertiary/aromatic N) is 2. The van der Waals surface area contributed by atoms with Gasteiger partial charge in [0.15, 0.2) is 0 Å². The molecule has 0 fully saturated rings. The molecule has 190 valence electrons. The first-order valence-corrected chi connectivity index (χ1v) is 12.6. The Bertz CT molecular complexity index is 1180. The number of benzene rings is 2. The van der Waals surface area contributed by atoms with E-state index in [9.17, 15) is 18.4 Å². The second-order valence-corrected chi connectivity index (χ2v) is 9.47. The molecule has 0 N–H and O–H groups in total. The first-order chi connectivity index (χ1) is 17.5. The number of carbonyl (C=O) groups is 2. The van der Waals surface area contributed by atoms with Crippen molar-refractivity contribution in [2.45, 2.75) is 18.9 Å². The van der Waals surface area contributed by atoms with Gasteiger partial charge in [0.1, 0.15) is 30.5 Å². The SMILES string of the molecule is COCCCN(CC(=O)N1CCc2sccc2C1COc1ccc(F)cc1)C(=O)c1ccccc1F. The highest BCUT2D eigenvalue weighted by atomic mass is 32.1. The average Bonchev–Trinajstić information content (AvgIpc) is 3.37. The number of amides is 2. The smallest absolute Gasteiger partial charge is 0.257 e. The van der Waals surface area contributed by atoms with Crippen LogP contribution in [0.3, 0.4) is 0 Å². The normalized spacial score (nSPS) is 14.9. The molecule has 1 aliphatic heterocycles. The Morgan fingerprint density at radius 2 is 1.89 bits per heavy atom. The van der Waals surface area contributed by atoms with Crippen molar-refractivity contribution in [1.82, 2.24) is 9.80 Å². The van der Waals surface area contributed by atoms with Crippen molar-refractivity contribution in [2.75, 3.05) is 40.0 Å². The minimum Gasteiger partial charge on any atom is -0.491 e. The molecule has 36 heavy (non-hydrogen) atoms. The van der Waals surface area contributed by atoms with Crippen LogP contribution in [0.15, 0.2) is 60.0 Å². The van der Waals surface area contributed by atoms with Crippen LogP contribution in [0.4, 0.5) is 8.78 Å². The fourth-order valence-electron chi connectivity index (χ4n) is 4.29. The fourth-order valence-corrected chi connectivity index (χ4v) is 5.22. The van der Waals surface area contributed by atoms with E-state index in [1.54, 1.807) is 41.5 Å². The number of carbonyl (C=O) groups excluding carboxylic acids is 2. The summed E-state index contributed by atoms with van der Waals surface area (Å²) in [6.45, 7) is 1.13. The fraction of sp³-hybridized carbons (Fsp3) is 0.333. The van der Waals surface area contributed by atoms with E-state index in [-0.39, 0.29) is 43.0 Å². The van der Waals surface area contributed by atoms with Gasteiger partial charge in [-0.3, -0.25) is 9.59 Å². The third kappa shape index (κ3) is 6.09. The molecular formula is C27H28F2N2O4S. The van der Waals surface area contributed by atoms with E-state index >= 15 is 0 Å². The van der Waals surface area contributed by atoms with Gasteiger partial charge in [-0.15, -0.1) is 11.3 Å². The summed E-state index contributed by atoms with van der Waals surface area (Å²) < 4.78 is 38.7. The number of halogens is 2. The van der Waals surface area contributed by atoms with Crippen molar-refractivity contribution in [3.63, 3.8) is 0 Å². The zero-order valence-electron chi connectivity index (χ0n) is 20.0. The van der Waals surface area contributed by atoms with Gasteiger partial charge in [-0.05, 0) is 66.2 Å². The number of thiophene rings is 1. The lowest BCUT2D eigenvalue weighted by atomic mass is 10.0. The topological polar surface area (TPSA) is 59.1 Å². The predicted molar refractivity (Wildman–Crippen MR) is 133 cm³/mol. The molecular weight excluding hydrogens is 486 g/mol. The maximum atomic E-state index is 14.4. The zero-order valence-corrected chi connectivity index (χ0v) is 20.8. The summed E-state index contributed by atoms with van der Waals surface area (Å²) in [6.07, 6.45) is 1.21. The van der Waals surface area contributed by atoms with Crippen LogP contribution in [0.25, 0.3) is 0 Å². The molecule has 2 heterocycles. The number of ether oxygens (including phenoxy) is 2. The van der Waals surface area contributed by atoms with Crippen molar-refractivity contribution in [2.24, 2.45) is 0 Å². The van der Waals surface area contributed by atoms with Crippen LogP contribution in [-0.2, 0) is 16.0 Å². The highest BCUT2D eigenvalue weighted by Gasteiger charge is 2.34. The summed E-state index contributed by atoms with van der Waals surface area (Å²) in [5.74, 6) is -1.27. The molecule has 0 spiro atoms. The first-order valence-electron chi connectivity index (χ1n) is 11.7. The van der Waals surface area contributed by atoms with Gasteiger partial charge in [0, 0.05) is 31.7 Å². The van der Waals surface area contributed by atoms with E-state index in [1.165, 1.54) is 40.1 Å². The van der Waals surface area contributed by atoms with Crippen molar-refractivity contribution >= 4 is 23.2 Å². The maximum absolute atomic E-state index is 14.4. The number of hydrogen-bond acceptors (Lipinski definition) is 5. The molecule has 1 aromatic heterocycles. The quantitative estimate of drug-likeness (QED) is 0.368. The predicted octanol–water partition coefficient (Wildman–Crippen LogP) is 4.71. The Morgan fingerprint density at radius 1 is 1.11 bits per heavy atom. The van der Waals surface area contributed by atoms with Crippen LogP contribution in [-0.4, -0.2) is 61.6 Å². The summed E-state index contributed by atoms with van der Waals surface area (Å²) in [5, 5.41) is 1.99. The van der Waals surface area contributed by atoms with E-state index in [1.807, 2.05) is 11.4 Å². The Kier molecular flexibility index (Phi) is 8.66. The molecule has 2 amide bonds. The molecule has 1 unspecified atom stereocenters. The molecule has 3 aromatic rings. The standard InChI is InChI=1S/C27H28F2N2O4S/c1-34-15-4-13-30(27(33)21-5-2-3-6-23(21)29)17-26(32)31-14-11-25-22(12-16-36-25)24(31)18-35-20-9-7-19(28)8-10-20/h2-3,5-10,12,16,24H,4,11,13-15,17-18H2,1H3. The lowest BCUT2D eigenvalue weighted by Crippen LogP contribution is -2.48. The first kappa shape index (κ1) is 25.8. The van der Waals surface area contributed by atoms with Crippen molar-refractivity contribution < 1.29 is 27.8 Å². The van der Waals surface area contributed by atoms with Crippen molar-refractivity contribution in [3.8, 4) is 5.75 Å². The van der Waals surface area contributed by atoms with Gasteiger partial charge in [-0.25, -0.2) is 8.78 Å². The lowest BCUT2D eigenvalue weighted by molar-refractivity contribution is -0.135. The van der Waals surface area contributed by atoms with Crippen LogP contribution in [0.2, 0.25) is 0 Å². The minimum absolute atomic E-state index is 0.0716. The third-order valence-electron chi connectivity index (χ3n) is 6.13. The molecule has 0 aliphatic carbocycles. The van der Waals surface area contributed by atoms with E-state index < -0.39 is 11.7 Å². The second kappa shape index (κ2) is 12.1. The Balaban J connectivity index is 1.52. The number of methoxy groups -OCH3 is 1. The summed E-state index contributed by atoms with van der Waals surface area (Å²) in [4.78, 5) is 31.0. The van der Waals surface area contributed by atoms with Gasteiger partial charge in [-0.2, -0.15) is 0 Å². The van der Waals surface area contributed by atoms with Crippen molar-refractivity contribution in [1.29, 1.82) is 0 Å². The summed E-state index contributed by atoms with van der Waals surface area (Å²) >= 11 is 1.63. The lowest BCUT2D eigenvalue weighted by Gasteiger charge is -2.37. The highest BCUT2D eigenvalue weighted by Crippen LogP contribution is 2.34. The molecule has 4 rings (SSSR count). The highest BCUT2D eigenvalue weighted by molar-refractivity contribution is 7.10. The van der Waals surface area contributed by atoms with Gasteiger partial charge in [-0.1, -0.05) is 12.1 Å². The Morgan fingerprint density at radius 3 is 2.64 bits per heavy atom. The summed E-state index contributed by atoms with van der Waals surface area (Å²) in [7, 11) is 1.56. The molecule has 0 saturated heterocycles. The monoisotopic (exact) mass is 514 g/mol. The molecule has 1 atom stereocenters. The van der Waals surface area contributed by atoms with E-state index in [0.717, 1.165) is 5.56 Å². The van der Waals surface area contributed by atoms with Crippen LogP contribution in [0.1, 0.15) is 33.3 Å². The molecule has 6 nitrogen and oxygen atoms in total. The molecule has 2 aromatic carbocycles. The maximum Gasteiger partial charge on any atom is 0.257 e. The van der Waals surface area contributed by atoms with Gasteiger partial charge in [0.25, 0.3) is 5.91 Å². The van der Waals surface area contributed by atoms with Gasteiger partial charge in [0.05, 0.1) is 11.6 Å². The van der Waals surface area contributed by atoms with Crippen LogP contribution < -0.4 is 4.74 Å². The van der Waals surface area contributed by atoms with E-state index in [4.69, 9.17) is 9.47 Å². The molecule has 1 aliphatic rings. The van der Waals surface area contributed by atoms with E-state index in [0.29, 0.717) is 31.7 Å².